The Morgan fingerprint density at radius 2 is 1.62 bits per heavy atom. The van der Waals surface area contributed by atoms with E-state index in [0.29, 0.717) is 12.3 Å². The zero-order chi connectivity index (χ0) is 25.4. The van der Waals surface area contributed by atoms with E-state index in [1.807, 2.05) is 13.8 Å². The quantitative estimate of drug-likeness (QED) is 0.505. The van der Waals surface area contributed by atoms with Gasteiger partial charge in [-0.25, -0.2) is 0 Å². The molecule has 4 rings (SSSR count). The van der Waals surface area contributed by atoms with Crippen molar-refractivity contribution in [3.63, 3.8) is 0 Å². The van der Waals surface area contributed by atoms with Crippen LogP contribution in [0.4, 0.5) is 0 Å². The van der Waals surface area contributed by atoms with Gasteiger partial charge < -0.3 is 20.1 Å². The van der Waals surface area contributed by atoms with Gasteiger partial charge in [-0.1, -0.05) is 55.4 Å². The maximum Gasteiger partial charge on any atom is 0.309 e. The van der Waals surface area contributed by atoms with E-state index in [4.69, 9.17) is 4.74 Å². The standard InChI is InChI=1S/C29H50O5/c1-15-13-21-26(33)34-25-19-10-9-18(16(2)23(31)24(32)17(3)27(4,5)6)28(19,7)12-11-20(25)29(21,8)14-22(15)30/h15-25,30-32H,9-14H2,1-8H3/t15?,16-,17+,18+,19?,20?,21?,22+,23+,24+,25?,28+,29+/m0/s1. The molecule has 0 amide bonds. The van der Waals surface area contributed by atoms with Gasteiger partial charge in [0, 0.05) is 11.8 Å². The van der Waals surface area contributed by atoms with Crippen LogP contribution in [0.15, 0.2) is 0 Å². The molecule has 1 heterocycles. The molecular formula is C29H50O5. The van der Waals surface area contributed by atoms with Crippen molar-refractivity contribution in [2.24, 2.45) is 57.7 Å². The molecule has 13 atom stereocenters. The maximum absolute atomic E-state index is 13.2. The molecule has 5 heteroatoms. The number of aliphatic hydroxyl groups excluding tert-OH is 3. The molecule has 34 heavy (non-hydrogen) atoms. The summed E-state index contributed by atoms with van der Waals surface area (Å²) < 4.78 is 6.27. The van der Waals surface area contributed by atoms with Crippen molar-refractivity contribution in [3.05, 3.63) is 0 Å². The number of ether oxygens (including phenoxy) is 1. The topological polar surface area (TPSA) is 87.0 Å². The van der Waals surface area contributed by atoms with Gasteiger partial charge in [-0.15, -0.1) is 0 Å². The predicted molar refractivity (Wildman–Crippen MR) is 133 cm³/mol. The Labute approximate surface area is 207 Å². The number of carbonyl (C=O) groups excluding carboxylic acids is 1. The van der Waals surface area contributed by atoms with Gasteiger partial charge in [0.15, 0.2) is 0 Å². The van der Waals surface area contributed by atoms with Crippen LogP contribution in [0.25, 0.3) is 0 Å². The molecule has 0 spiro atoms. The van der Waals surface area contributed by atoms with Crippen molar-refractivity contribution < 1.29 is 24.9 Å². The first-order valence-electron chi connectivity index (χ1n) is 13.9. The highest BCUT2D eigenvalue weighted by molar-refractivity contribution is 5.75. The van der Waals surface area contributed by atoms with Gasteiger partial charge in [0.2, 0.25) is 0 Å². The number of fused-ring (bicyclic) bond motifs is 5. The number of hydrogen-bond acceptors (Lipinski definition) is 5. The number of esters is 1. The first-order chi connectivity index (χ1) is 15.6. The predicted octanol–water partition coefficient (Wildman–Crippen LogP) is 4.81. The van der Waals surface area contributed by atoms with Crippen LogP contribution < -0.4 is 0 Å². The minimum absolute atomic E-state index is 0.0120. The molecule has 0 aromatic rings. The lowest BCUT2D eigenvalue weighted by molar-refractivity contribution is -0.222. The molecular weight excluding hydrogens is 428 g/mol. The lowest BCUT2D eigenvalue weighted by atomic mass is 9.48. The third kappa shape index (κ3) is 3.96. The van der Waals surface area contributed by atoms with Crippen molar-refractivity contribution >= 4 is 5.97 Å². The molecule has 3 saturated carbocycles. The summed E-state index contributed by atoms with van der Waals surface area (Å²) in [5.74, 6) is 0.796. The summed E-state index contributed by atoms with van der Waals surface area (Å²) in [6.45, 7) is 17.1. The van der Waals surface area contributed by atoms with Gasteiger partial charge in [-0.2, -0.15) is 0 Å². The summed E-state index contributed by atoms with van der Waals surface area (Å²) >= 11 is 0. The Kier molecular flexibility index (Phi) is 6.78. The van der Waals surface area contributed by atoms with Crippen LogP contribution in [0.3, 0.4) is 0 Å². The van der Waals surface area contributed by atoms with Crippen molar-refractivity contribution in [1.29, 1.82) is 0 Å². The summed E-state index contributed by atoms with van der Waals surface area (Å²) in [5.41, 5.74) is -0.296. The fraction of sp³-hybridized carbons (Fsp3) is 0.966. The Balaban J connectivity index is 1.55. The fourth-order valence-corrected chi connectivity index (χ4v) is 8.79. The number of hydrogen-bond donors (Lipinski definition) is 3. The summed E-state index contributed by atoms with van der Waals surface area (Å²) in [5, 5.41) is 33.0. The minimum atomic E-state index is -0.765. The van der Waals surface area contributed by atoms with Crippen LogP contribution in [0.5, 0.6) is 0 Å². The van der Waals surface area contributed by atoms with Crippen LogP contribution in [0, 0.1) is 57.7 Å². The zero-order valence-corrected chi connectivity index (χ0v) is 22.8. The average Bonchev–Trinajstić information content (AvgIpc) is 3.10. The second kappa shape index (κ2) is 8.73. The molecule has 4 fully saturated rings. The van der Waals surface area contributed by atoms with E-state index in [0.717, 1.165) is 32.1 Å². The first kappa shape index (κ1) is 26.4. The largest absolute Gasteiger partial charge is 0.462 e. The van der Waals surface area contributed by atoms with Gasteiger partial charge in [0.05, 0.1) is 24.2 Å². The Bertz CT molecular complexity index is 775. The third-order valence-corrected chi connectivity index (χ3v) is 11.8. The van der Waals surface area contributed by atoms with E-state index < -0.39 is 12.2 Å². The first-order valence-corrected chi connectivity index (χ1v) is 13.9. The summed E-state index contributed by atoms with van der Waals surface area (Å²) in [6, 6.07) is 0. The van der Waals surface area contributed by atoms with Gasteiger partial charge >= 0.3 is 5.97 Å². The monoisotopic (exact) mass is 478 g/mol. The highest BCUT2D eigenvalue weighted by Crippen LogP contribution is 2.66. The molecule has 0 radical (unpaired) electrons. The number of aliphatic hydroxyl groups is 3. The molecule has 0 aromatic heterocycles. The molecule has 4 aliphatic rings. The van der Waals surface area contributed by atoms with Gasteiger partial charge in [0.25, 0.3) is 0 Å². The van der Waals surface area contributed by atoms with Crippen LogP contribution in [0.2, 0.25) is 0 Å². The molecule has 3 N–H and O–H groups in total. The van der Waals surface area contributed by atoms with E-state index in [2.05, 4.69) is 41.5 Å². The smallest absolute Gasteiger partial charge is 0.309 e. The van der Waals surface area contributed by atoms with Gasteiger partial charge in [-0.05, 0) is 78.4 Å². The molecule has 3 aliphatic carbocycles. The van der Waals surface area contributed by atoms with Crippen LogP contribution in [0.1, 0.15) is 93.9 Å². The zero-order valence-electron chi connectivity index (χ0n) is 22.8. The molecule has 196 valence electrons. The number of rotatable bonds is 4. The van der Waals surface area contributed by atoms with Crippen molar-refractivity contribution in [2.45, 2.75) is 118 Å². The van der Waals surface area contributed by atoms with E-state index >= 15 is 0 Å². The Hall–Kier alpha value is -0.650. The van der Waals surface area contributed by atoms with E-state index in [-0.39, 0.29) is 69.9 Å². The normalized spacial score (nSPS) is 48.1. The summed E-state index contributed by atoms with van der Waals surface area (Å²) in [4.78, 5) is 13.2. The van der Waals surface area contributed by atoms with E-state index in [1.54, 1.807) is 0 Å². The van der Waals surface area contributed by atoms with E-state index in [1.165, 1.54) is 0 Å². The lowest BCUT2D eigenvalue weighted by Crippen LogP contribution is -2.62. The summed E-state index contributed by atoms with van der Waals surface area (Å²) in [6.07, 6.45) is 3.49. The highest BCUT2D eigenvalue weighted by Gasteiger charge is 2.65. The average molecular weight is 479 g/mol. The van der Waals surface area contributed by atoms with E-state index in [9.17, 15) is 20.1 Å². The SMILES string of the molecule is CC1CC2C(=O)OC3C(CC[C@@]4(C)C3CC[C@@H]4[C@H](C)[C@@H](O)[C@H](O)[C@@H](C)C(C)(C)C)[C@@]2(C)C[C@H]1O. The van der Waals surface area contributed by atoms with Crippen LogP contribution >= 0.6 is 0 Å². The molecule has 5 nitrogen and oxygen atoms in total. The lowest BCUT2D eigenvalue weighted by Gasteiger charge is -2.60. The Morgan fingerprint density at radius 3 is 2.24 bits per heavy atom. The third-order valence-electron chi connectivity index (χ3n) is 11.8. The second-order valence-corrected chi connectivity index (χ2v) is 14.4. The molecule has 1 aliphatic heterocycles. The fourth-order valence-electron chi connectivity index (χ4n) is 8.79. The van der Waals surface area contributed by atoms with Crippen LogP contribution in [-0.2, 0) is 9.53 Å². The Morgan fingerprint density at radius 1 is 1.00 bits per heavy atom. The highest BCUT2D eigenvalue weighted by atomic mass is 16.5. The molecule has 1 saturated heterocycles. The van der Waals surface area contributed by atoms with Crippen LogP contribution in [-0.4, -0.2) is 45.7 Å². The van der Waals surface area contributed by atoms with Gasteiger partial charge in [-0.3, -0.25) is 4.79 Å². The second-order valence-electron chi connectivity index (χ2n) is 14.4. The van der Waals surface area contributed by atoms with Crippen molar-refractivity contribution in [2.75, 3.05) is 0 Å². The molecule has 5 unspecified atom stereocenters. The minimum Gasteiger partial charge on any atom is -0.462 e. The summed E-state index contributed by atoms with van der Waals surface area (Å²) in [7, 11) is 0. The number of carbonyl (C=O) groups is 1. The molecule has 0 aromatic carbocycles. The molecule has 0 bridgehead atoms. The van der Waals surface area contributed by atoms with Crippen molar-refractivity contribution in [1.82, 2.24) is 0 Å². The van der Waals surface area contributed by atoms with Gasteiger partial charge in [0.1, 0.15) is 6.10 Å². The van der Waals surface area contributed by atoms with Crippen molar-refractivity contribution in [3.8, 4) is 0 Å². The maximum atomic E-state index is 13.2.